The Morgan fingerprint density at radius 3 is 2.81 bits per heavy atom. The molecule has 0 bridgehead atoms. The first-order valence-corrected chi connectivity index (χ1v) is 5.90. The molecule has 2 aromatic rings. The van der Waals surface area contributed by atoms with Crippen LogP contribution in [0.3, 0.4) is 0 Å². The maximum absolute atomic E-state index is 4.26. The first kappa shape index (κ1) is 10.8. The Morgan fingerprint density at radius 1 is 1.31 bits per heavy atom. The number of benzene rings is 1. The van der Waals surface area contributed by atoms with Gasteiger partial charge in [0.15, 0.2) is 0 Å². The second kappa shape index (κ2) is 4.90. The lowest BCUT2D eigenvalue weighted by molar-refractivity contribution is 1.22. The minimum Gasteiger partial charge on any atom is -0.253 e. The van der Waals surface area contributed by atoms with Crippen LogP contribution in [0.25, 0.3) is 0 Å². The number of hydrazone groups is 1. The van der Waals surface area contributed by atoms with Gasteiger partial charge in [-0.1, -0.05) is 24.3 Å². The van der Waals surface area contributed by atoms with Crippen LogP contribution >= 0.6 is 11.3 Å². The largest absolute Gasteiger partial charge is 0.253 e. The van der Waals surface area contributed by atoms with Crippen molar-refractivity contribution in [3.05, 3.63) is 46.5 Å². The van der Waals surface area contributed by atoms with E-state index in [0.29, 0.717) is 0 Å². The molecule has 1 aromatic heterocycles. The molecule has 1 aromatic carbocycles. The highest BCUT2D eigenvalue weighted by Gasteiger charge is 1.95. The van der Waals surface area contributed by atoms with Crippen LogP contribution in [0.15, 0.2) is 34.7 Å². The predicted molar refractivity (Wildman–Crippen MR) is 69.2 cm³/mol. The highest BCUT2D eigenvalue weighted by Crippen LogP contribution is 2.14. The molecule has 3 nitrogen and oxygen atoms in total. The molecule has 0 aliphatic carbocycles. The van der Waals surface area contributed by atoms with Crippen molar-refractivity contribution in [2.24, 2.45) is 5.10 Å². The molecular formula is C12H13N3S. The summed E-state index contributed by atoms with van der Waals surface area (Å²) in [7, 11) is 0. The fraction of sp³-hybridized carbons (Fsp3) is 0.167. The van der Waals surface area contributed by atoms with Crippen molar-refractivity contribution in [2.75, 3.05) is 5.43 Å². The molecule has 1 N–H and O–H groups in total. The Bertz CT molecular complexity index is 502. The van der Waals surface area contributed by atoms with Gasteiger partial charge in [-0.3, -0.25) is 5.43 Å². The van der Waals surface area contributed by atoms with Crippen LogP contribution in [0, 0.1) is 13.8 Å². The Labute approximate surface area is 98.9 Å². The third kappa shape index (κ3) is 2.67. The summed E-state index contributed by atoms with van der Waals surface area (Å²) in [6.45, 7) is 4.03. The molecule has 2 rings (SSSR count). The van der Waals surface area contributed by atoms with Crippen molar-refractivity contribution < 1.29 is 0 Å². The molecular weight excluding hydrogens is 218 g/mol. The summed E-state index contributed by atoms with van der Waals surface area (Å²) in [5.41, 5.74) is 6.26. The second-order valence-corrected chi connectivity index (χ2v) is 4.38. The van der Waals surface area contributed by atoms with Gasteiger partial charge in [-0.25, -0.2) is 4.98 Å². The van der Waals surface area contributed by atoms with Crippen LogP contribution in [0.4, 0.5) is 5.13 Å². The van der Waals surface area contributed by atoms with Gasteiger partial charge < -0.3 is 0 Å². The average Bonchev–Trinajstić information content (AvgIpc) is 2.67. The first-order valence-electron chi connectivity index (χ1n) is 5.02. The number of anilines is 1. The molecule has 0 radical (unpaired) electrons. The number of thiazole rings is 1. The van der Waals surface area contributed by atoms with Gasteiger partial charge in [0.2, 0.25) is 5.13 Å². The van der Waals surface area contributed by atoms with E-state index in [1.165, 1.54) is 5.56 Å². The Hall–Kier alpha value is -1.68. The van der Waals surface area contributed by atoms with E-state index in [1.807, 2.05) is 36.7 Å². The minimum atomic E-state index is 0.822. The summed E-state index contributed by atoms with van der Waals surface area (Å²) < 4.78 is 0. The number of hydrogen-bond donors (Lipinski definition) is 1. The number of nitrogens with zero attached hydrogens (tertiary/aromatic N) is 2. The smallest absolute Gasteiger partial charge is 0.203 e. The third-order valence-corrected chi connectivity index (χ3v) is 3.04. The van der Waals surface area contributed by atoms with E-state index >= 15 is 0 Å². The summed E-state index contributed by atoms with van der Waals surface area (Å²) in [5.74, 6) is 0. The lowest BCUT2D eigenvalue weighted by Crippen LogP contribution is -1.91. The summed E-state index contributed by atoms with van der Waals surface area (Å²) in [6.07, 6.45) is 1.81. The number of hydrogen-bond acceptors (Lipinski definition) is 4. The maximum Gasteiger partial charge on any atom is 0.203 e. The van der Waals surface area contributed by atoms with Crippen molar-refractivity contribution in [3.8, 4) is 0 Å². The maximum atomic E-state index is 4.26. The van der Waals surface area contributed by atoms with E-state index in [2.05, 4.69) is 28.5 Å². The zero-order chi connectivity index (χ0) is 11.4. The molecule has 0 aliphatic heterocycles. The molecule has 0 unspecified atom stereocenters. The van der Waals surface area contributed by atoms with Gasteiger partial charge >= 0.3 is 0 Å². The zero-order valence-corrected chi connectivity index (χ0v) is 10.1. The second-order valence-electron chi connectivity index (χ2n) is 3.52. The van der Waals surface area contributed by atoms with Gasteiger partial charge in [-0.05, 0) is 25.0 Å². The normalized spacial score (nSPS) is 10.9. The van der Waals surface area contributed by atoms with Crippen molar-refractivity contribution >= 4 is 22.7 Å². The molecule has 1 heterocycles. The van der Waals surface area contributed by atoms with Gasteiger partial charge in [-0.15, -0.1) is 11.3 Å². The zero-order valence-electron chi connectivity index (χ0n) is 9.27. The summed E-state index contributed by atoms with van der Waals surface area (Å²) in [5, 5.41) is 6.97. The van der Waals surface area contributed by atoms with Crippen LogP contribution in [0.2, 0.25) is 0 Å². The van der Waals surface area contributed by atoms with Gasteiger partial charge in [0.25, 0.3) is 0 Å². The Morgan fingerprint density at radius 2 is 2.12 bits per heavy atom. The molecule has 0 atom stereocenters. The molecule has 0 spiro atoms. The molecule has 0 amide bonds. The molecule has 4 heteroatoms. The fourth-order valence-electron chi connectivity index (χ4n) is 1.29. The van der Waals surface area contributed by atoms with Crippen molar-refractivity contribution in [1.82, 2.24) is 4.98 Å². The highest BCUT2D eigenvalue weighted by molar-refractivity contribution is 7.13. The van der Waals surface area contributed by atoms with E-state index in [-0.39, 0.29) is 0 Å². The van der Waals surface area contributed by atoms with Gasteiger partial charge in [-0.2, -0.15) is 5.10 Å². The van der Waals surface area contributed by atoms with E-state index in [0.717, 1.165) is 16.4 Å². The lowest BCUT2D eigenvalue weighted by atomic mass is 10.1. The van der Waals surface area contributed by atoms with Crippen LogP contribution in [-0.4, -0.2) is 11.2 Å². The van der Waals surface area contributed by atoms with Crippen LogP contribution in [0.5, 0.6) is 0 Å². The molecule has 82 valence electrons. The van der Waals surface area contributed by atoms with E-state index in [9.17, 15) is 0 Å². The van der Waals surface area contributed by atoms with E-state index in [4.69, 9.17) is 0 Å². The summed E-state index contributed by atoms with van der Waals surface area (Å²) in [4.78, 5) is 4.26. The number of aromatic nitrogens is 1. The molecule has 0 saturated carbocycles. The van der Waals surface area contributed by atoms with Crippen LogP contribution in [0.1, 0.15) is 16.8 Å². The third-order valence-electron chi connectivity index (χ3n) is 2.17. The van der Waals surface area contributed by atoms with Crippen LogP contribution < -0.4 is 5.43 Å². The molecule has 0 fully saturated rings. The quantitative estimate of drug-likeness (QED) is 0.650. The van der Waals surface area contributed by atoms with Crippen molar-refractivity contribution in [3.63, 3.8) is 0 Å². The van der Waals surface area contributed by atoms with Crippen LogP contribution in [-0.2, 0) is 0 Å². The standard InChI is InChI=1S/C12H13N3S/c1-9-5-3-4-6-11(9)7-13-15-12-14-10(2)8-16-12/h3-8H,1-2H3,(H,14,15). The topological polar surface area (TPSA) is 37.3 Å². The van der Waals surface area contributed by atoms with Crippen molar-refractivity contribution in [1.29, 1.82) is 0 Å². The first-order chi connectivity index (χ1) is 7.75. The monoisotopic (exact) mass is 231 g/mol. The molecule has 0 aliphatic rings. The summed E-state index contributed by atoms with van der Waals surface area (Å²) >= 11 is 1.55. The SMILES string of the molecule is Cc1csc(NN=Cc2ccccc2C)n1. The minimum absolute atomic E-state index is 0.822. The predicted octanol–water partition coefficient (Wildman–Crippen LogP) is 3.21. The van der Waals surface area contributed by atoms with Crippen molar-refractivity contribution in [2.45, 2.75) is 13.8 Å². The summed E-state index contributed by atoms with van der Waals surface area (Å²) in [6, 6.07) is 8.12. The number of rotatable bonds is 3. The van der Waals surface area contributed by atoms with Gasteiger partial charge in [0.1, 0.15) is 0 Å². The fourth-order valence-corrected chi connectivity index (χ4v) is 1.93. The lowest BCUT2D eigenvalue weighted by Gasteiger charge is -1.97. The van der Waals surface area contributed by atoms with Gasteiger partial charge in [0.05, 0.1) is 11.9 Å². The Balaban J connectivity index is 2.03. The Kier molecular flexibility index (Phi) is 3.31. The molecule has 16 heavy (non-hydrogen) atoms. The molecule has 0 saturated heterocycles. The number of aryl methyl sites for hydroxylation is 2. The van der Waals surface area contributed by atoms with Gasteiger partial charge in [0, 0.05) is 5.38 Å². The average molecular weight is 231 g/mol. The van der Waals surface area contributed by atoms with E-state index < -0.39 is 0 Å². The van der Waals surface area contributed by atoms with E-state index in [1.54, 1.807) is 11.3 Å². The highest BCUT2D eigenvalue weighted by atomic mass is 32.1. The number of nitrogens with one attached hydrogen (secondary N) is 1.